The predicted octanol–water partition coefficient (Wildman–Crippen LogP) is 4.15. The first-order valence-electron chi connectivity index (χ1n) is 12.2. The summed E-state index contributed by atoms with van der Waals surface area (Å²) >= 11 is 0. The van der Waals surface area contributed by atoms with Crippen LogP contribution in [0.25, 0.3) is 22.3 Å². The standard InChI is InChI=1S/C26H26N2O7.C2H6/c1-5-17-19-8-16(35-15(4)13(2)26(32)33)6-7-22(19)27-24-20(17)10-28-23(24)9-18(14(3)30)21(25(28)31)11-34-12-29;1-2/h6-9,12,14-15,30H,2,5,10-11H2,1,3-4H3,(H,32,33);1-2H3. The third kappa shape index (κ3) is 5.13. The van der Waals surface area contributed by atoms with Gasteiger partial charge in [-0.1, -0.05) is 27.4 Å². The predicted molar refractivity (Wildman–Crippen MR) is 140 cm³/mol. The number of aliphatic carboxylic acids is 1. The van der Waals surface area contributed by atoms with Crippen molar-refractivity contribution in [3.05, 3.63) is 69.0 Å². The molecule has 4 rings (SSSR count). The van der Waals surface area contributed by atoms with Crippen LogP contribution in [-0.2, 0) is 33.9 Å². The fourth-order valence-electron chi connectivity index (χ4n) is 4.51. The second kappa shape index (κ2) is 11.4. The molecule has 9 nitrogen and oxygen atoms in total. The maximum absolute atomic E-state index is 13.3. The van der Waals surface area contributed by atoms with Crippen molar-refractivity contribution in [2.24, 2.45) is 0 Å². The van der Waals surface area contributed by atoms with E-state index in [2.05, 4.69) is 6.58 Å². The van der Waals surface area contributed by atoms with Crippen LogP contribution in [0.3, 0.4) is 0 Å². The topological polar surface area (TPSA) is 128 Å². The Morgan fingerprint density at radius 1 is 1.24 bits per heavy atom. The number of fused-ring (bicyclic) bond motifs is 4. The molecule has 3 heterocycles. The SMILES string of the molecule is C=C(C(=O)O)C(C)Oc1ccc2nc3c(c(CC)c2c1)Cn1c-3cc(C(C)O)c(COC=O)c1=O.CC. The Bertz CT molecular complexity index is 1420. The zero-order chi connectivity index (χ0) is 27.4. The zero-order valence-corrected chi connectivity index (χ0v) is 21.7. The fourth-order valence-corrected chi connectivity index (χ4v) is 4.51. The third-order valence-corrected chi connectivity index (χ3v) is 6.35. The van der Waals surface area contributed by atoms with Gasteiger partial charge in [-0.15, -0.1) is 0 Å². The second-order valence-corrected chi connectivity index (χ2v) is 8.48. The monoisotopic (exact) mass is 508 g/mol. The Balaban J connectivity index is 0.00000186. The Hall–Kier alpha value is -3.98. The van der Waals surface area contributed by atoms with Gasteiger partial charge >= 0.3 is 5.97 Å². The van der Waals surface area contributed by atoms with Crippen LogP contribution in [0.5, 0.6) is 5.75 Å². The number of carboxylic acid groups (broad SMARTS) is 1. The molecule has 0 aliphatic carbocycles. The molecular weight excluding hydrogens is 476 g/mol. The number of pyridine rings is 2. The van der Waals surface area contributed by atoms with Crippen LogP contribution >= 0.6 is 0 Å². The van der Waals surface area contributed by atoms with Gasteiger partial charge in [-0.3, -0.25) is 9.59 Å². The largest absolute Gasteiger partial charge is 0.486 e. The van der Waals surface area contributed by atoms with Gasteiger partial charge in [0.25, 0.3) is 12.0 Å². The minimum atomic E-state index is -1.12. The summed E-state index contributed by atoms with van der Waals surface area (Å²) in [7, 11) is 0. The van der Waals surface area contributed by atoms with Crippen LogP contribution in [0.2, 0.25) is 0 Å². The second-order valence-electron chi connectivity index (χ2n) is 8.48. The quantitative estimate of drug-likeness (QED) is 0.255. The van der Waals surface area contributed by atoms with Gasteiger partial charge in [0.05, 0.1) is 40.7 Å². The molecule has 3 aromatic rings. The van der Waals surface area contributed by atoms with E-state index in [1.807, 2.05) is 26.8 Å². The number of aliphatic hydroxyl groups excluding tert-OH is 1. The maximum atomic E-state index is 13.3. The van der Waals surface area contributed by atoms with Gasteiger partial charge in [-0.05, 0) is 55.7 Å². The number of rotatable bonds is 9. The first kappa shape index (κ1) is 27.6. The van der Waals surface area contributed by atoms with E-state index in [1.165, 1.54) is 0 Å². The molecule has 2 unspecified atom stereocenters. The summed E-state index contributed by atoms with van der Waals surface area (Å²) in [6, 6.07) is 7.07. The van der Waals surface area contributed by atoms with Gasteiger partial charge < -0.3 is 24.3 Å². The number of carbonyl (C=O) groups is 2. The van der Waals surface area contributed by atoms with Crippen molar-refractivity contribution >= 4 is 23.3 Å². The lowest BCUT2D eigenvalue weighted by atomic mass is 9.98. The smallest absolute Gasteiger partial charge is 0.334 e. The number of benzene rings is 1. The highest BCUT2D eigenvalue weighted by Crippen LogP contribution is 2.38. The van der Waals surface area contributed by atoms with Gasteiger partial charge in [0.1, 0.15) is 18.5 Å². The van der Waals surface area contributed by atoms with Crippen LogP contribution in [0.4, 0.5) is 0 Å². The first-order valence-corrected chi connectivity index (χ1v) is 12.2. The molecule has 1 aliphatic heterocycles. The number of aliphatic hydroxyl groups is 1. The Labute approximate surface area is 215 Å². The molecule has 0 bridgehead atoms. The van der Waals surface area contributed by atoms with E-state index in [0.29, 0.717) is 41.2 Å². The molecule has 0 spiro atoms. The lowest BCUT2D eigenvalue weighted by Gasteiger charge is -2.16. The van der Waals surface area contributed by atoms with Crippen molar-refractivity contribution in [1.82, 2.24) is 9.55 Å². The summed E-state index contributed by atoms with van der Waals surface area (Å²) in [6.07, 6.45) is -0.989. The molecular formula is C28H32N2O7. The minimum Gasteiger partial charge on any atom is -0.486 e. The number of hydrogen-bond donors (Lipinski definition) is 2. The van der Waals surface area contributed by atoms with Crippen molar-refractivity contribution in [3.8, 4) is 17.1 Å². The summed E-state index contributed by atoms with van der Waals surface area (Å²) in [5.74, 6) is -0.633. The lowest BCUT2D eigenvalue weighted by molar-refractivity contribution is -0.133. The first-order chi connectivity index (χ1) is 17.7. The van der Waals surface area contributed by atoms with E-state index < -0.39 is 18.2 Å². The number of aryl methyl sites for hydroxylation is 1. The van der Waals surface area contributed by atoms with Gasteiger partial charge in [-0.2, -0.15) is 0 Å². The van der Waals surface area contributed by atoms with Crippen LogP contribution in [0.15, 0.2) is 41.2 Å². The number of hydrogen-bond acceptors (Lipinski definition) is 7. The van der Waals surface area contributed by atoms with Crippen LogP contribution in [0, 0.1) is 0 Å². The van der Waals surface area contributed by atoms with E-state index in [0.717, 1.165) is 16.5 Å². The molecule has 2 N–H and O–H groups in total. The molecule has 0 saturated heterocycles. The summed E-state index contributed by atoms with van der Waals surface area (Å²) in [6.45, 7) is 13.1. The van der Waals surface area contributed by atoms with Gasteiger partial charge in [-0.25, -0.2) is 9.78 Å². The van der Waals surface area contributed by atoms with Gasteiger partial charge in [0.15, 0.2) is 0 Å². The van der Waals surface area contributed by atoms with E-state index in [1.54, 1.807) is 36.6 Å². The Morgan fingerprint density at radius 3 is 2.54 bits per heavy atom. The number of ether oxygens (including phenoxy) is 2. The highest BCUT2D eigenvalue weighted by atomic mass is 16.5. The van der Waals surface area contributed by atoms with E-state index >= 15 is 0 Å². The minimum absolute atomic E-state index is 0.0500. The molecule has 2 aromatic heterocycles. The molecule has 0 amide bonds. The molecule has 0 radical (unpaired) electrons. The number of aromatic nitrogens is 2. The summed E-state index contributed by atoms with van der Waals surface area (Å²) in [5.41, 5.74) is 4.08. The summed E-state index contributed by atoms with van der Waals surface area (Å²) < 4.78 is 12.2. The maximum Gasteiger partial charge on any atom is 0.334 e. The third-order valence-electron chi connectivity index (χ3n) is 6.35. The summed E-state index contributed by atoms with van der Waals surface area (Å²) in [4.78, 5) is 40.0. The van der Waals surface area contributed by atoms with E-state index in [-0.39, 0.29) is 29.8 Å². The number of carboxylic acids is 1. The average Bonchev–Trinajstić information content (AvgIpc) is 3.25. The van der Waals surface area contributed by atoms with Crippen molar-refractivity contribution in [1.29, 1.82) is 0 Å². The normalized spacial score (nSPS) is 13.0. The molecule has 2 atom stereocenters. The highest BCUT2D eigenvalue weighted by Gasteiger charge is 2.29. The van der Waals surface area contributed by atoms with Crippen molar-refractivity contribution in [2.75, 3.05) is 0 Å². The van der Waals surface area contributed by atoms with E-state index in [9.17, 15) is 19.5 Å². The fraction of sp³-hybridized carbons (Fsp3) is 0.357. The molecule has 1 aliphatic rings. The highest BCUT2D eigenvalue weighted by molar-refractivity contribution is 5.89. The Morgan fingerprint density at radius 2 is 1.95 bits per heavy atom. The lowest BCUT2D eigenvalue weighted by Crippen LogP contribution is -2.26. The molecule has 0 fully saturated rings. The number of carbonyl (C=O) groups excluding carboxylic acids is 1. The average molecular weight is 509 g/mol. The molecule has 196 valence electrons. The van der Waals surface area contributed by atoms with Crippen LogP contribution in [-0.4, -0.2) is 38.3 Å². The van der Waals surface area contributed by atoms with E-state index in [4.69, 9.17) is 19.6 Å². The van der Waals surface area contributed by atoms with Crippen molar-refractivity contribution in [3.63, 3.8) is 0 Å². The molecule has 0 saturated carbocycles. The van der Waals surface area contributed by atoms with Crippen LogP contribution in [0.1, 0.15) is 63.0 Å². The Kier molecular flexibility index (Phi) is 8.49. The summed E-state index contributed by atoms with van der Waals surface area (Å²) in [5, 5.41) is 20.3. The molecule has 1 aromatic carbocycles. The molecule has 37 heavy (non-hydrogen) atoms. The van der Waals surface area contributed by atoms with Crippen molar-refractivity contribution in [2.45, 2.75) is 66.4 Å². The van der Waals surface area contributed by atoms with Crippen LogP contribution < -0.4 is 10.3 Å². The van der Waals surface area contributed by atoms with Crippen molar-refractivity contribution < 1.29 is 29.3 Å². The van der Waals surface area contributed by atoms with Gasteiger partial charge in [0.2, 0.25) is 0 Å². The number of nitrogens with zero attached hydrogens (tertiary/aromatic N) is 2. The molecule has 9 heteroatoms. The zero-order valence-electron chi connectivity index (χ0n) is 21.7. The van der Waals surface area contributed by atoms with Gasteiger partial charge in [0, 0.05) is 10.9 Å².